The SMILES string of the molecule is C=Cc1ccc([Si](CC)(NC)NC)cc1. The van der Waals surface area contributed by atoms with Gasteiger partial charge in [-0.2, -0.15) is 0 Å². The van der Waals surface area contributed by atoms with E-state index in [0.29, 0.717) is 0 Å². The van der Waals surface area contributed by atoms with Crippen molar-refractivity contribution < 1.29 is 0 Å². The molecule has 0 atom stereocenters. The lowest BCUT2D eigenvalue weighted by molar-refractivity contribution is 1.00. The molecule has 0 saturated carbocycles. The van der Waals surface area contributed by atoms with Crippen LogP contribution in [0.3, 0.4) is 0 Å². The normalized spacial score (nSPS) is 11.4. The van der Waals surface area contributed by atoms with Crippen LogP contribution in [0.25, 0.3) is 6.08 Å². The maximum atomic E-state index is 3.76. The minimum atomic E-state index is -1.66. The maximum absolute atomic E-state index is 3.76. The first-order valence-corrected chi connectivity index (χ1v) is 7.54. The van der Waals surface area contributed by atoms with E-state index in [1.807, 2.05) is 20.2 Å². The zero-order valence-electron chi connectivity index (χ0n) is 9.80. The van der Waals surface area contributed by atoms with Gasteiger partial charge in [0.25, 0.3) is 0 Å². The van der Waals surface area contributed by atoms with Gasteiger partial charge >= 0.3 is 0 Å². The summed E-state index contributed by atoms with van der Waals surface area (Å²) in [6.45, 7) is 5.99. The quantitative estimate of drug-likeness (QED) is 0.734. The van der Waals surface area contributed by atoms with Gasteiger partial charge in [0.05, 0.1) is 0 Å². The van der Waals surface area contributed by atoms with Crippen LogP contribution >= 0.6 is 0 Å². The largest absolute Gasteiger partial charge is 0.325 e. The van der Waals surface area contributed by atoms with Gasteiger partial charge in [0.1, 0.15) is 0 Å². The highest BCUT2D eigenvalue weighted by atomic mass is 28.3. The van der Waals surface area contributed by atoms with Crippen molar-refractivity contribution in [3.05, 3.63) is 36.4 Å². The molecule has 0 aromatic heterocycles. The summed E-state index contributed by atoms with van der Waals surface area (Å²) in [4.78, 5) is 6.94. The Bertz CT molecular complexity index is 307. The van der Waals surface area contributed by atoms with Crippen molar-refractivity contribution >= 4 is 19.7 Å². The topological polar surface area (TPSA) is 24.1 Å². The third-order valence-corrected chi connectivity index (χ3v) is 7.11. The van der Waals surface area contributed by atoms with Crippen LogP contribution in [-0.2, 0) is 0 Å². The van der Waals surface area contributed by atoms with Gasteiger partial charge in [0.15, 0.2) is 0 Å². The highest BCUT2D eigenvalue weighted by molar-refractivity contribution is 6.87. The van der Waals surface area contributed by atoms with Crippen LogP contribution in [-0.4, -0.2) is 22.5 Å². The number of benzene rings is 1. The molecule has 0 saturated heterocycles. The van der Waals surface area contributed by atoms with Crippen LogP contribution in [0.4, 0.5) is 0 Å². The van der Waals surface area contributed by atoms with Crippen molar-refractivity contribution in [2.24, 2.45) is 0 Å². The fourth-order valence-electron chi connectivity index (χ4n) is 1.88. The molecule has 2 nitrogen and oxygen atoms in total. The number of rotatable bonds is 5. The van der Waals surface area contributed by atoms with Gasteiger partial charge in [-0.25, -0.2) is 0 Å². The van der Waals surface area contributed by atoms with E-state index in [2.05, 4.69) is 47.7 Å². The summed E-state index contributed by atoms with van der Waals surface area (Å²) in [7, 11) is 2.41. The molecular weight excluding hydrogens is 200 g/mol. The molecule has 2 N–H and O–H groups in total. The van der Waals surface area contributed by atoms with Crippen molar-refractivity contribution in [1.29, 1.82) is 0 Å². The Hall–Kier alpha value is -0.903. The zero-order chi connectivity index (χ0) is 11.3. The van der Waals surface area contributed by atoms with E-state index in [1.54, 1.807) is 0 Å². The Morgan fingerprint density at radius 3 is 2.07 bits per heavy atom. The molecule has 0 spiro atoms. The molecule has 3 heteroatoms. The second kappa shape index (κ2) is 5.26. The summed E-state index contributed by atoms with van der Waals surface area (Å²) in [6, 6.07) is 9.76. The van der Waals surface area contributed by atoms with Crippen LogP contribution < -0.4 is 15.2 Å². The Kier molecular flexibility index (Phi) is 4.26. The lowest BCUT2D eigenvalue weighted by Crippen LogP contribution is -2.68. The molecule has 1 aromatic rings. The first kappa shape index (κ1) is 12.2. The molecule has 0 bridgehead atoms. The third kappa shape index (κ3) is 2.37. The van der Waals surface area contributed by atoms with Crippen molar-refractivity contribution in [2.75, 3.05) is 14.1 Å². The highest BCUT2D eigenvalue weighted by Gasteiger charge is 2.30. The average Bonchev–Trinajstić information content (AvgIpc) is 2.33. The Balaban J connectivity index is 3.06. The van der Waals surface area contributed by atoms with E-state index in [1.165, 1.54) is 10.8 Å². The van der Waals surface area contributed by atoms with Gasteiger partial charge in [0.2, 0.25) is 8.40 Å². The molecule has 0 aliphatic rings. The fourth-order valence-corrected chi connectivity index (χ4v) is 4.55. The van der Waals surface area contributed by atoms with E-state index >= 15 is 0 Å². The van der Waals surface area contributed by atoms with E-state index in [0.717, 1.165) is 6.04 Å². The minimum absolute atomic E-state index is 1.13. The van der Waals surface area contributed by atoms with Gasteiger partial charge in [-0.05, 0) is 30.9 Å². The molecule has 15 heavy (non-hydrogen) atoms. The van der Waals surface area contributed by atoms with Crippen molar-refractivity contribution in [1.82, 2.24) is 9.96 Å². The third-order valence-electron chi connectivity index (χ3n) is 3.02. The average molecular weight is 220 g/mol. The predicted octanol–water partition coefficient (Wildman–Crippen LogP) is 1.44. The van der Waals surface area contributed by atoms with E-state index in [9.17, 15) is 0 Å². The summed E-state index contributed by atoms with van der Waals surface area (Å²) in [5.74, 6) is 0. The molecule has 82 valence electrons. The van der Waals surface area contributed by atoms with Crippen molar-refractivity contribution in [3.63, 3.8) is 0 Å². The molecule has 0 fully saturated rings. The monoisotopic (exact) mass is 220 g/mol. The lowest BCUT2D eigenvalue weighted by atomic mass is 10.2. The molecule has 0 aliphatic heterocycles. The minimum Gasteiger partial charge on any atom is -0.325 e. The Labute approximate surface area is 93.6 Å². The first-order valence-electron chi connectivity index (χ1n) is 5.33. The van der Waals surface area contributed by atoms with Crippen LogP contribution in [0.1, 0.15) is 12.5 Å². The van der Waals surface area contributed by atoms with Crippen molar-refractivity contribution in [3.8, 4) is 0 Å². The summed E-state index contributed by atoms with van der Waals surface area (Å²) in [5.41, 5.74) is 1.17. The molecule has 0 amide bonds. The Morgan fingerprint density at radius 1 is 1.20 bits per heavy atom. The van der Waals surface area contributed by atoms with Gasteiger partial charge in [-0.3, -0.25) is 0 Å². The zero-order valence-corrected chi connectivity index (χ0v) is 10.8. The Morgan fingerprint density at radius 2 is 1.73 bits per heavy atom. The molecule has 0 unspecified atom stereocenters. The number of hydrogen-bond donors (Lipinski definition) is 2. The van der Waals surface area contributed by atoms with E-state index in [4.69, 9.17) is 0 Å². The van der Waals surface area contributed by atoms with Crippen LogP contribution in [0.2, 0.25) is 6.04 Å². The van der Waals surface area contributed by atoms with Crippen LogP contribution in [0.5, 0.6) is 0 Å². The van der Waals surface area contributed by atoms with Crippen LogP contribution in [0, 0.1) is 0 Å². The smallest absolute Gasteiger partial charge is 0.233 e. The lowest BCUT2D eigenvalue weighted by Gasteiger charge is -2.29. The molecular formula is C12H20N2Si. The fraction of sp³-hybridized carbons (Fsp3) is 0.333. The van der Waals surface area contributed by atoms with Crippen molar-refractivity contribution in [2.45, 2.75) is 13.0 Å². The van der Waals surface area contributed by atoms with E-state index < -0.39 is 8.40 Å². The predicted molar refractivity (Wildman–Crippen MR) is 70.5 cm³/mol. The molecule has 0 aliphatic carbocycles. The summed E-state index contributed by atoms with van der Waals surface area (Å²) < 4.78 is 0. The van der Waals surface area contributed by atoms with Gasteiger partial charge in [-0.15, -0.1) is 0 Å². The highest BCUT2D eigenvalue weighted by Crippen LogP contribution is 2.04. The summed E-state index contributed by atoms with van der Waals surface area (Å²) in [6.07, 6.45) is 1.87. The molecule has 1 rings (SSSR count). The molecule has 1 aromatic carbocycles. The standard InChI is InChI=1S/C12H20N2Si/c1-5-11-7-9-12(10-8-11)15(6-2,13-3)14-4/h5,7-10,13-14H,1,6H2,2-4H3. The summed E-state index contributed by atoms with van der Waals surface area (Å²) >= 11 is 0. The summed E-state index contributed by atoms with van der Waals surface area (Å²) in [5, 5.41) is 1.39. The molecule has 0 radical (unpaired) electrons. The second-order valence-corrected chi connectivity index (χ2v) is 7.68. The molecule has 0 heterocycles. The van der Waals surface area contributed by atoms with E-state index in [-0.39, 0.29) is 0 Å². The van der Waals surface area contributed by atoms with Crippen LogP contribution in [0.15, 0.2) is 30.8 Å². The van der Waals surface area contributed by atoms with Gasteiger partial charge in [0, 0.05) is 0 Å². The second-order valence-electron chi connectivity index (χ2n) is 3.59. The number of hydrogen-bond acceptors (Lipinski definition) is 2. The van der Waals surface area contributed by atoms with Gasteiger partial charge in [-0.1, -0.05) is 43.8 Å². The first-order chi connectivity index (χ1) is 7.22. The maximum Gasteiger partial charge on any atom is 0.233 e. The van der Waals surface area contributed by atoms with Gasteiger partial charge < -0.3 is 9.96 Å². The number of nitrogens with one attached hydrogen (secondary N) is 2.